The zero-order chi connectivity index (χ0) is 16.4. The minimum atomic E-state index is -0.0350. The normalized spacial score (nSPS) is 19.0. The first-order valence-electron chi connectivity index (χ1n) is 7.96. The van der Waals surface area contributed by atoms with E-state index in [-0.39, 0.29) is 11.9 Å². The van der Waals surface area contributed by atoms with Gasteiger partial charge in [0.2, 0.25) is 5.91 Å². The molecule has 8 heteroatoms. The Morgan fingerprint density at radius 2 is 2.26 bits per heavy atom. The van der Waals surface area contributed by atoms with E-state index in [4.69, 9.17) is 0 Å². The van der Waals surface area contributed by atoms with E-state index in [1.807, 2.05) is 27.0 Å². The Morgan fingerprint density at radius 1 is 1.43 bits per heavy atom. The minimum absolute atomic E-state index is 0.0350. The van der Waals surface area contributed by atoms with Crippen LogP contribution >= 0.6 is 0 Å². The van der Waals surface area contributed by atoms with Gasteiger partial charge in [-0.05, 0) is 33.2 Å². The quantitative estimate of drug-likeness (QED) is 0.887. The van der Waals surface area contributed by atoms with Crippen LogP contribution in [0.25, 0.3) is 0 Å². The number of carbonyl (C=O) groups is 1. The van der Waals surface area contributed by atoms with Crippen LogP contribution in [0.5, 0.6) is 0 Å². The first-order chi connectivity index (χ1) is 11.0. The van der Waals surface area contributed by atoms with Crippen LogP contribution in [0.4, 0.5) is 5.82 Å². The van der Waals surface area contributed by atoms with E-state index < -0.39 is 0 Å². The maximum Gasteiger partial charge on any atom is 0.239 e. The highest BCUT2D eigenvalue weighted by molar-refractivity contribution is 5.91. The van der Waals surface area contributed by atoms with Gasteiger partial charge in [-0.3, -0.25) is 19.5 Å². The van der Waals surface area contributed by atoms with Crippen molar-refractivity contribution in [3.05, 3.63) is 23.4 Å². The first kappa shape index (κ1) is 15.7. The zero-order valence-corrected chi connectivity index (χ0v) is 13.8. The van der Waals surface area contributed by atoms with Gasteiger partial charge in [-0.2, -0.15) is 10.2 Å². The molecule has 2 aromatic rings. The summed E-state index contributed by atoms with van der Waals surface area (Å²) < 4.78 is 1.68. The van der Waals surface area contributed by atoms with Gasteiger partial charge in [-0.1, -0.05) is 6.42 Å². The Hall–Kier alpha value is -2.22. The molecule has 0 aliphatic carbocycles. The number of carbonyl (C=O) groups excluding carboxylic acids is 1. The van der Waals surface area contributed by atoms with Gasteiger partial charge in [-0.25, -0.2) is 4.98 Å². The van der Waals surface area contributed by atoms with Gasteiger partial charge >= 0.3 is 0 Å². The number of amides is 1. The number of anilines is 1. The second-order valence-corrected chi connectivity index (χ2v) is 6.10. The van der Waals surface area contributed by atoms with Crippen LogP contribution < -0.4 is 5.32 Å². The maximum absolute atomic E-state index is 12.4. The van der Waals surface area contributed by atoms with Crippen LogP contribution in [-0.4, -0.2) is 48.9 Å². The van der Waals surface area contributed by atoms with Crippen molar-refractivity contribution in [1.82, 2.24) is 29.9 Å². The second kappa shape index (κ2) is 6.49. The number of piperidine rings is 1. The molecule has 0 bridgehead atoms. The largest absolute Gasteiger partial charge is 0.310 e. The van der Waals surface area contributed by atoms with Crippen LogP contribution in [0.2, 0.25) is 0 Å². The minimum Gasteiger partial charge on any atom is -0.310 e. The molecule has 0 aromatic carbocycles. The number of nitrogens with one attached hydrogen (secondary N) is 2. The van der Waals surface area contributed by atoms with E-state index >= 15 is 0 Å². The molecule has 8 nitrogen and oxygen atoms in total. The molecule has 0 spiro atoms. The highest BCUT2D eigenvalue weighted by Gasteiger charge is 2.28. The summed E-state index contributed by atoms with van der Waals surface area (Å²) >= 11 is 0. The van der Waals surface area contributed by atoms with E-state index in [1.54, 1.807) is 4.68 Å². The molecule has 1 fully saturated rings. The molecule has 1 aliphatic heterocycles. The van der Waals surface area contributed by atoms with Gasteiger partial charge in [0.1, 0.15) is 11.6 Å². The third-order valence-corrected chi connectivity index (χ3v) is 4.14. The van der Waals surface area contributed by atoms with Gasteiger partial charge < -0.3 is 5.32 Å². The van der Waals surface area contributed by atoms with E-state index in [0.717, 1.165) is 49.0 Å². The van der Waals surface area contributed by atoms with E-state index in [0.29, 0.717) is 6.54 Å². The smallest absolute Gasteiger partial charge is 0.239 e. The lowest BCUT2D eigenvalue weighted by atomic mass is 10.0. The van der Waals surface area contributed by atoms with Crippen LogP contribution in [0.15, 0.2) is 6.07 Å². The lowest BCUT2D eigenvalue weighted by Crippen LogP contribution is -2.39. The number of hydrogen-bond acceptors (Lipinski definition) is 5. The van der Waals surface area contributed by atoms with Crippen LogP contribution in [0, 0.1) is 13.8 Å². The predicted molar refractivity (Wildman–Crippen MR) is 85.9 cm³/mol. The van der Waals surface area contributed by atoms with Crippen molar-refractivity contribution in [3.8, 4) is 0 Å². The summed E-state index contributed by atoms with van der Waals surface area (Å²) in [6, 6.07) is 1.97. The van der Waals surface area contributed by atoms with Gasteiger partial charge in [0.25, 0.3) is 0 Å². The fourth-order valence-electron chi connectivity index (χ4n) is 3.08. The first-order valence-corrected chi connectivity index (χ1v) is 7.96. The Morgan fingerprint density at radius 3 is 2.91 bits per heavy atom. The van der Waals surface area contributed by atoms with Gasteiger partial charge in [0, 0.05) is 13.1 Å². The molecule has 0 radical (unpaired) electrons. The average Bonchev–Trinajstić information content (AvgIpc) is 3.05. The predicted octanol–water partition coefficient (Wildman–Crippen LogP) is 1.32. The SMILES string of the molecule is Cc1cc(NC(=O)CN2CCCC[C@H]2c2n[nH]c(C)n2)n(C)n1. The molecule has 2 N–H and O–H groups in total. The van der Waals surface area contributed by atoms with Crippen LogP contribution in [0.1, 0.15) is 42.6 Å². The molecule has 1 saturated heterocycles. The number of aromatic nitrogens is 5. The number of hydrogen-bond donors (Lipinski definition) is 2. The summed E-state index contributed by atoms with van der Waals surface area (Å²) in [5.41, 5.74) is 0.884. The summed E-state index contributed by atoms with van der Waals surface area (Å²) in [4.78, 5) is 19.0. The van der Waals surface area contributed by atoms with Gasteiger partial charge in [-0.15, -0.1) is 0 Å². The van der Waals surface area contributed by atoms with Crippen molar-refractivity contribution in [2.24, 2.45) is 7.05 Å². The van der Waals surface area contributed by atoms with Crippen LogP contribution in [-0.2, 0) is 11.8 Å². The molecule has 3 rings (SSSR count). The molecule has 2 aromatic heterocycles. The van der Waals surface area contributed by atoms with E-state index in [9.17, 15) is 4.79 Å². The maximum atomic E-state index is 12.4. The zero-order valence-electron chi connectivity index (χ0n) is 13.8. The number of rotatable bonds is 4. The number of nitrogens with zero attached hydrogens (tertiary/aromatic N) is 5. The highest BCUT2D eigenvalue weighted by atomic mass is 16.2. The molecule has 1 atom stereocenters. The number of H-pyrrole nitrogens is 1. The van der Waals surface area contributed by atoms with Crippen molar-refractivity contribution in [3.63, 3.8) is 0 Å². The second-order valence-electron chi connectivity index (χ2n) is 6.10. The Labute approximate surface area is 135 Å². The van der Waals surface area contributed by atoms with Crippen molar-refractivity contribution < 1.29 is 4.79 Å². The lowest BCUT2D eigenvalue weighted by Gasteiger charge is -2.33. The average molecular weight is 317 g/mol. The highest BCUT2D eigenvalue weighted by Crippen LogP contribution is 2.28. The third-order valence-electron chi connectivity index (χ3n) is 4.14. The third kappa shape index (κ3) is 3.58. The molecule has 1 amide bonds. The number of likely N-dealkylation sites (tertiary alicyclic amines) is 1. The summed E-state index contributed by atoms with van der Waals surface area (Å²) in [6.45, 7) is 5.02. The van der Waals surface area contributed by atoms with Crippen molar-refractivity contribution in [1.29, 1.82) is 0 Å². The molecule has 124 valence electrons. The van der Waals surface area contributed by atoms with Gasteiger partial charge in [0.05, 0.1) is 18.3 Å². The molecule has 23 heavy (non-hydrogen) atoms. The Balaban J connectivity index is 1.67. The Kier molecular flexibility index (Phi) is 4.42. The standard InChI is InChI=1S/C15H23N7O/c1-10-8-13(21(3)20-10)17-14(23)9-22-7-5-4-6-12(22)15-16-11(2)18-19-15/h8,12H,4-7,9H2,1-3H3,(H,17,23)(H,16,18,19)/t12-/m0/s1. The van der Waals surface area contributed by atoms with Gasteiger partial charge in [0.15, 0.2) is 5.82 Å². The molecule has 1 aliphatic rings. The summed E-state index contributed by atoms with van der Waals surface area (Å²) in [6.07, 6.45) is 3.21. The van der Waals surface area contributed by atoms with Crippen molar-refractivity contribution in [2.45, 2.75) is 39.2 Å². The fourth-order valence-corrected chi connectivity index (χ4v) is 3.08. The summed E-state index contributed by atoms with van der Waals surface area (Å²) in [7, 11) is 1.82. The van der Waals surface area contributed by atoms with Crippen LogP contribution in [0.3, 0.4) is 0 Å². The molecular formula is C15H23N7O. The number of aryl methyl sites for hydroxylation is 3. The molecule has 0 unspecified atom stereocenters. The monoisotopic (exact) mass is 317 g/mol. The van der Waals surface area contributed by atoms with Crippen molar-refractivity contribution >= 4 is 11.7 Å². The topological polar surface area (TPSA) is 91.7 Å². The van der Waals surface area contributed by atoms with E-state index in [1.165, 1.54) is 0 Å². The molecular weight excluding hydrogens is 294 g/mol. The summed E-state index contributed by atoms with van der Waals surface area (Å²) in [5, 5.41) is 14.3. The lowest BCUT2D eigenvalue weighted by molar-refractivity contribution is -0.118. The Bertz CT molecular complexity index is 690. The molecule has 3 heterocycles. The number of aromatic amines is 1. The summed E-state index contributed by atoms with van der Waals surface area (Å²) in [5.74, 6) is 2.27. The van der Waals surface area contributed by atoms with Crippen molar-refractivity contribution in [2.75, 3.05) is 18.4 Å². The molecule has 0 saturated carbocycles. The van der Waals surface area contributed by atoms with E-state index in [2.05, 4.69) is 30.5 Å². The fraction of sp³-hybridized carbons (Fsp3) is 0.600.